The van der Waals surface area contributed by atoms with Crippen molar-refractivity contribution in [3.8, 4) is 5.75 Å². The lowest BCUT2D eigenvalue weighted by Crippen LogP contribution is -2.37. The maximum atomic E-state index is 10.8. The van der Waals surface area contributed by atoms with E-state index in [0.717, 1.165) is 50.7 Å². The number of fused-ring (bicyclic) bond motifs is 2. The molecule has 3 rings (SSSR count). The van der Waals surface area contributed by atoms with Gasteiger partial charge in [0, 0.05) is 13.1 Å². The second kappa shape index (κ2) is 12.2. The molecular formula is C25H42N2O4. The summed E-state index contributed by atoms with van der Waals surface area (Å²) in [6.45, 7) is 3.39. The highest BCUT2D eigenvalue weighted by molar-refractivity contribution is 5.43. The minimum absolute atomic E-state index is 0.186. The number of nitrogens with one attached hydrogen (secondary N) is 1. The highest BCUT2D eigenvalue weighted by atomic mass is 16.5. The molecular weight excluding hydrogens is 392 g/mol. The van der Waals surface area contributed by atoms with Crippen LogP contribution in [-0.2, 0) is 12.8 Å². The van der Waals surface area contributed by atoms with Crippen LogP contribution in [0.2, 0.25) is 0 Å². The van der Waals surface area contributed by atoms with Crippen molar-refractivity contribution < 1.29 is 20.1 Å². The highest BCUT2D eigenvalue weighted by Gasteiger charge is 2.44. The van der Waals surface area contributed by atoms with Gasteiger partial charge in [0.2, 0.25) is 0 Å². The molecule has 1 aromatic carbocycles. The average molecular weight is 435 g/mol. The van der Waals surface area contributed by atoms with Crippen LogP contribution in [0, 0.1) is 17.8 Å². The number of benzene rings is 1. The fourth-order valence-electron chi connectivity index (χ4n) is 5.58. The fourth-order valence-corrected chi connectivity index (χ4v) is 5.58. The molecule has 0 amide bonds. The number of unbranched alkanes of at least 4 members (excludes halogenated alkanes) is 2. The Morgan fingerprint density at radius 1 is 1.19 bits per heavy atom. The summed E-state index contributed by atoms with van der Waals surface area (Å²) in [7, 11) is 0. The van der Waals surface area contributed by atoms with E-state index in [1.54, 1.807) is 0 Å². The molecule has 1 unspecified atom stereocenters. The van der Waals surface area contributed by atoms with Gasteiger partial charge in [0.25, 0.3) is 0 Å². The summed E-state index contributed by atoms with van der Waals surface area (Å²) < 4.78 is 5.94. The summed E-state index contributed by atoms with van der Waals surface area (Å²) in [6.07, 6.45) is 7.44. The average Bonchev–Trinajstić information content (AvgIpc) is 3.07. The van der Waals surface area contributed by atoms with E-state index in [1.807, 2.05) is 12.1 Å². The van der Waals surface area contributed by atoms with Crippen LogP contribution in [0.15, 0.2) is 18.2 Å². The maximum Gasteiger partial charge on any atom is 0.139 e. The first-order valence-corrected chi connectivity index (χ1v) is 12.2. The van der Waals surface area contributed by atoms with Crippen molar-refractivity contribution in [2.75, 3.05) is 19.7 Å². The molecule has 1 fully saturated rings. The first-order chi connectivity index (χ1) is 15.0. The Morgan fingerprint density at radius 3 is 2.81 bits per heavy atom. The molecule has 6 N–H and O–H groups in total. The van der Waals surface area contributed by atoms with Crippen molar-refractivity contribution in [1.82, 2.24) is 5.32 Å². The van der Waals surface area contributed by atoms with Gasteiger partial charge in [-0.05, 0) is 73.5 Å². The van der Waals surface area contributed by atoms with Gasteiger partial charge in [0.1, 0.15) is 18.6 Å². The minimum Gasteiger partial charge on any atom is -0.489 e. The first-order valence-electron chi connectivity index (χ1n) is 12.2. The third kappa shape index (κ3) is 6.65. The molecule has 0 heterocycles. The molecule has 0 aromatic heterocycles. The third-order valence-electron chi connectivity index (χ3n) is 7.24. The molecule has 176 valence electrons. The zero-order valence-electron chi connectivity index (χ0n) is 19.0. The number of hydrogen-bond acceptors (Lipinski definition) is 6. The molecule has 0 aliphatic heterocycles. The lowest BCUT2D eigenvalue weighted by molar-refractivity contribution is 0.0788. The van der Waals surface area contributed by atoms with Crippen LogP contribution in [0.25, 0.3) is 0 Å². The number of rotatable bonds is 13. The van der Waals surface area contributed by atoms with Crippen LogP contribution >= 0.6 is 0 Å². The molecule has 0 saturated heterocycles. The van der Waals surface area contributed by atoms with Crippen molar-refractivity contribution in [2.24, 2.45) is 23.5 Å². The van der Waals surface area contributed by atoms with E-state index in [1.165, 1.54) is 24.0 Å². The standard InChI is InChI=1S/C25H42N2O4/c1-2-3-4-7-19(28)9-10-20-21-13-17-6-5-8-24(31-16-25(30)27-12-11-26)22(17)14-18(21)15-23(20)29/h5-6,8,18-21,23,25,27-30H,2-4,7,9-16,26H2,1H3/t18-,19-,20+,21-,23+,25?/m0/s1. The van der Waals surface area contributed by atoms with Crippen LogP contribution in [0.5, 0.6) is 5.75 Å². The second-order valence-corrected chi connectivity index (χ2v) is 9.49. The largest absolute Gasteiger partial charge is 0.489 e. The summed E-state index contributed by atoms with van der Waals surface area (Å²) in [4.78, 5) is 0. The highest BCUT2D eigenvalue weighted by Crippen LogP contribution is 2.48. The topological polar surface area (TPSA) is 108 Å². The third-order valence-corrected chi connectivity index (χ3v) is 7.24. The van der Waals surface area contributed by atoms with E-state index < -0.39 is 6.23 Å². The number of aliphatic hydroxyl groups is 3. The molecule has 0 spiro atoms. The van der Waals surface area contributed by atoms with Crippen LogP contribution in [0.1, 0.15) is 63.0 Å². The summed E-state index contributed by atoms with van der Waals surface area (Å²) in [5, 5.41) is 34.0. The zero-order valence-corrected chi connectivity index (χ0v) is 19.0. The SMILES string of the molecule is CCCCC[C@H](O)CC[C@@H]1[C@H]2Cc3cccc(OCC(O)NCCN)c3C[C@H]2C[C@H]1O. The van der Waals surface area contributed by atoms with Gasteiger partial charge in [-0.2, -0.15) is 0 Å². The van der Waals surface area contributed by atoms with Gasteiger partial charge in [-0.15, -0.1) is 0 Å². The first kappa shape index (κ1) is 24.5. The van der Waals surface area contributed by atoms with Crippen LogP contribution < -0.4 is 15.8 Å². The number of nitrogens with two attached hydrogens (primary N) is 1. The molecule has 0 bridgehead atoms. The molecule has 2 aliphatic carbocycles. The lowest BCUT2D eigenvalue weighted by Gasteiger charge is -2.32. The Balaban J connectivity index is 1.58. The predicted octanol–water partition coefficient (Wildman–Crippen LogP) is 2.37. The van der Waals surface area contributed by atoms with Crippen molar-refractivity contribution >= 4 is 0 Å². The molecule has 1 saturated carbocycles. The molecule has 6 heteroatoms. The molecule has 6 atom stereocenters. The van der Waals surface area contributed by atoms with Gasteiger partial charge in [-0.3, -0.25) is 5.32 Å². The summed E-state index contributed by atoms with van der Waals surface area (Å²) in [6, 6.07) is 6.17. The van der Waals surface area contributed by atoms with Crippen LogP contribution in [-0.4, -0.2) is 53.5 Å². The normalized spacial score (nSPS) is 26.9. The number of aliphatic hydroxyl groups excluding tert-OH is 3. The van der Waals surface area contributed by atoms with Crippen molar-refractivity contribution in [3.63, 3.8) is 0 Å². The summed E-state index contributed by atoms with van der Waals surface area (Å²) in [5.74, 6) is 2.03. The van der Waals surface area contributed by atoms with E-state index in [-0.39, 0.29) is 24.7 Å². The fraction of sp³-hybridized carbons (Fsp3) is 0.760. The van der Waals surface area contributed by atoms with E-state index in [9.17, 15) is 15.3 Å². The van der Waals surface area contributed by atoms with Crippen LogP contribution in [0.3, 0.4) is 0 Å². The summed E-state index contributed by atoms with van der Waals surface area (Å²) in [5.41, 5.74) is 7.98. The summed E-state index contributed by atoms with van der Waals surface area (Å²) >= 11 is 0. The Hall–Kier alpha value is -1.18. The van der Waals surface area contributed by atoms with E-state index in [0.29, 0.717) is 24.9 Å². The van der Waals surface area contributed by atoms with Gasteiger partial charge in [-0.25, -0.2) is 0 Å². The van der Waals surface area contributed by atoms with Crippen molar-refractivity contribution in [1.29, 1.82) is 0 Å². The maximum absolute atomic E-state index is 10.8. The van der Waals surface area contributed by atoms with Gasteiger partial charge in [-0.1, -0.05) is 38.3 Å². The van der Waals surface area contributed by atoms with Crippen LogP contribution in [0.4, 0.5) is 0 Å². The smallest absolute Gasteiger partial charge is 0.139 e. The molecule has 31 heavy (non-hydrogen) atoms. The number of hydrogen-bond donors (Lipinski definition) is 5. The molecule has 0 radical (unpaired) electrons. The van der Waals surface area contributed by atoms with Crippen molar-refractivity contribution in [3.05, 3.63) is 29.3 Å². The monoisotopic (exact) mass is 434 g/mol. The van der Waals surface area contributed by atoms with E-state index >= 15 is 0 Å². The van der Waals surface area contributed by atoms with Gasteiger partial charge in [0.05, 0.1) is 12.2 Å². The Kier molecular flexibility index (Phi) is 9.60. The molecule has 6 nitrogen and oxygen atoms in total. The lowest BCUT2D eigenvalue weighted by atomic mass is 9.73. The van der Waals surface area contributed by atoms with Crippen molar-refractivity contribution in [2.45, 2.75) is 83.1 Å². The van der Waals surface area contributed by atoms with E-state index in [4.69, 9.17) is 10.5 Å². The minimum atomic E-state index is -0.739. The van der Waals surface area contributed by atoms with Gasteiger partial charge in [0.15, 0.2) is 0 Å². The molecule has 2 aliphatic rings. The van der Waals surface area contributed by atoms with E-state index in [2.05, 4.69) is 18.3 Å². The quantitative estimate of drug-likeness (QED) is 0.241. The van der Waals surface area contributed by atoms with Gasteiger partial charge >= 0.3 is 0 Å². The molecule has 1 aromatic rings. The van der Waals surface area contributed by atoms with Gasteiger partial charge < -0.3 is 25.8 Å². The Labute approximate surface area is 187 Å². The Bertz CT molecular complexity index is 671. The Morgan fingerprint density at radius 2 is 2.03 bits per heavy atom. The zero-order chi connectivity index (χ0) is 22.2. The number of ether oxygens (including phenoxy) is 1. The second-order valence-electron chi connectivity index (χ2n) is 9.49. The predicted molar refractivity (Wildman–Crippen MR) is 123 cm³/mol.